The molecule has 0 heterocycles. The van der Waals surface area contributed by atoms with Gasteiger partial charge in [-0.3, -0.25) is 10.6 Å². The molecular formula is C33H38I3N2O3-. The van der Waals surface area contributed by atoms with Crippen molar-refractivity contribution in [1.29, 1.82) is 0 Å². The van der Waals surface area contributed by atoms with Crippen molar-refractivity contribution in [2.75, 3.05) is 13.1 Å². The van der Waals surface area contributed by atoms with E-state index in [1.54, 1.807) is 30.3 Å². The van der Waals surface area contributed by atoms with E-state index in [0.717, 1.165) is 0 Å². The van der Waals surface area contributed by atoms with Crippen LogP contribution in [-0.2, 0) is 17.6 Å². The summed E-state index contributed by atoms with van der Waals surface area (Å²) in [7, 11) is 0. The Kier molecular flexibility index (Phi) is 20.0. The molecule has 0 fully saturated rings. The third-order valence-electron chi connectivity index (χ3n) is 6.52. The van der Waals surface area contributed by atoms with E-state index in [-0.39, 0.29) is 7.43 Å². The molecule has 3 aromatic carbocycles. The van der Waals surface area contributed by atoms with Crippen LogP contribution < -0.4 is 23.9 Å². The maximum absolute atomic E-state index is 10.2. The molecule has 0 aliphatic heterocycles. The van der Waals surface area contributed by atoms with E-state index >= 15 is 0 Å². The van der Waals surface area contributed by atoms with Gasteiger partial charge >= 0.3 is 56.5 Å². The Bertz CT molecular complexity index is 1190. The Morgan fingerprint density at radius 1 is 0.829 bits per heavy atom. The summed E-state index contributed by atoms with van der Waals surface area (Å²) < 4.78 is 0. The first kappa shape index (κ1) is 37.3. The number of hydrogen-bond acceptors (Lipinski definition) is 4. The van der Waals surface area contributed by atoms with Crippen LogP contribution in [0.1, 0.15) is 66.3 Å². The van der Waals surface area contributed by atoms with E-state index < -0.39 is 12.1 Å². The number of carboxylic acids is 1. The number of aliphatic hydroxyl groups is 1. The normalized spacial score (nSPS) is 16.2. The van der Waals surface area contributed by atoms with Crippen molar-refractivity contribution in [1.82, 2.24) is 10.6 Å². The minimum Gasteiger partial charge on any atom is -0.479 e. The topological polar surface area (TPSA) is 81.6 Å². The van der Waals surface area contributed by atoms with Crippen LogP contribution in [0.3, 0.4) is 0 Å². The molecule has 0 aromatic heterocycles. The van der Waals surface area contributed by atoms with Crippen LogP contribution >= 0.6 is 37.2 Å². The summed E-state index contributed by atoms with van der Waals surface area (Å²) >= 11 is 5.30. The maximum Gasteiger partial charge on any atom is 0.337 e. The monoisotopic (exact) mass is 891 g/mol. The van der Waals surface area contributed by atoms with Gasteiger partial charge in [0.2, 0.25) is 0 Å². The van der Waals surface area contributed by atoms with Gasteiger partial charge in [-0.1, -0.05) is 98.1 Å². The van der Waals surface area contributed by atoms with Crippen LogP contribution in [0.25, 0.3) is 0 Å². The molecule has 41 heavy (non-hydrogen) atoms. The first-order chi connectivity index (χ1) is 19.5. The van der Waals surface area contributed by atoms with Gasteiger partial charge in [0.15, 0.2) is 6.10 Å². The molecule has 3 aromatic rings. The van der Waals surface area contributed by atoms with Gasteiger partial charge in [-0.25, -0.2) is 4.79 Å². The fourth-order valence-electron chi connectivity index (χ4n) is 4.68. The zero-order valence-electron chi connectivity index (χ0n) is 22.1. The van der Waals surface area contributed by atoms with Gasteiger partial charge in [0.05, 0.1) is 13.1 Å². The zero-order chi connectivity index (χ0) is 29.2. The number of halogens is 3. The molecule has 0 saturated heterocycles. The summed E-state index contributed by atoms with van der Waals surface area (Å²) in [5.41, 5.74) is 6.20. The summed E-state index contributed by atoms with van der Waals surface area (Å²) in [6.45, 7) is 1.33. The fraction of sp³-hybridized carbons (Fsp3) is 0.303. The van der Waals surface area contributed by atoms with E-state index in [1.807, 2.05) is 0 Å². The minimum absolute atomic E-state index is 0. The molecule has 220 valence electrons. The van der Waals surface area contributed by atoms with Crippen LogP contribution in [0.5, 0.6) is 0 Å². The second kappa shape index (κ2) is 21.9. The molecule has 4 N–H and O–H groups in total. The number of rotatable bonds is 6. The average Bonchev–Trinajstić information content (AvgIpc) is 3.60. The van der Waals surface area contributed by atoms with Crippen LogP contribution in [0.4, 0.5) is 0 Å². The zero-order valence-corrected chi connectivity index (χ0v) is 28.5. The molecule has 0 radical (unpaired) electrons. The number of nitrogens with one attached hydrogen (secondary N) is 2. The second-order valence-electron chi connectivity index (χ2n) is 8.96. The van der Waals surface area contributed by atoms with E-state index in [1.165, 1.54) is 47.9 Å². The quantitative estimate of drug-likeness (QED) is 0.223. The third kappa shape index (κ3) is 13.0. The molecule has 0 bridgehead atoms. The molecule has 2 aliphatic carbocycles. The van der Waals surface area contributed by atoms with Crippen molar-refractivity contribution in [3.05, 3.63) is 107 Å². The van der Waals surface area contributed by atoms with Crippen LogP contribution in [0.15, 0.2) is 78.9 Å². The number of fused-ring (bicyclic) bond motifs is 2. The standard InChI is InChI=1S/2C12H13N.C8H8O3.CH4.I3/c2*1-2-9-13-12-8-7-10-5-3-4-6-11(10)12;9-7(8(10)11)6-4-2-1-3-5-6;;1-3-2/h2*1,3-6,12-13H,7-9H2;1-5,7,9H,(H,10,11);1H4;/q;;;;-1/t2*12-;7-;;/m110../s1. The van der Waals surface area contributed by atoms with Gasteiger partial charge in [-0.05, 0) is 53.5 Å². The molecule has 0 amide bonds. The SMILES string of the molecule is C.C#CCN[C@@H]1CCc2ccccc21.C#CCN[C@@H]1CCc2ccccc21.I[I-]I.O=C(O)[C@@H](O)c1ccccc1. The number of aliphatic carboxylic acids is 1. The van der Waals surface area contributed by atoms with Crippen molar-refractivity contribution in [3.63, 3.8) is 0 Å². The molecule has 5 rings (SSSR count). The fourth-order valence-corrected chi connectivity index (χ4v) is 4.68. The Hall–Kier alpha value is -1.68. The number of benzene rings is 3. The number of aliphatic hydroxyl groups excluding tert-OH is 1. The Morgan fingerprint density at radius 3 is 1.61 bits per heavy atom. The summed E-state index contributed by atoms with van der Waals surface area (Å²) in [6, 6.07) is 26.4. The van der Waals surface area contributed by atoms with Crippen LogP contribution in [0.2, 0.25) is 0 Å². The predicted octanol–water partition coefficient (Wildman–Crippen LogP) is 4.01. The summed E-state index contributed by atoms with van der Waals surface area (Å²) in [6.07, 6.45) is 13.7. The number of hydrogen-bond donors (Lipinski definition) is 4. The maximum atomic E-state index is 10.2. The minimum atomic E-state index is -1.41. The molecule has 0 spiro atoms. The number of carbonyl (C=O) groups is 1. The van der Waals surface area contributed by atoms with E-state index in [9.17, 15) is 4.79 Å². The number of aryl methyl sites for hydroxylation is 2. The van der Waals surface area contributed by atoms with Gasteiger partial charge < -0.3 is 10.2 Å². The molecule has 0 unspecified atom stereocenters. The average molecular weight is 891 g/mol. The molecule has 5 nitrogen and oxygen atoms in total. The largest absolute Gasteiger partial charge is 0.479 e. The van der Waals surface area contributed by atoms with E-state index in [0.29, 0.717) is 44.0 Å². The Labute approximate surface area is 275 Å². The van der Waals surface area contributed by atoms with Gasteiger partial charge in [0.25, 0.3) is 0 Å². The predicted molar refractivity (Wildman–Crippen MR) is 182 cm³/mol. The number of carboxylic acid groups (broad SMARTS) is 1. The van der Waals surface area contributed by atoms with Crippen LogP contribution in [0, 0.1) is 24.7 Å². The van der Waals surface area contributed by atoms with Gasteiger partial charge in [-0.2, -0.15) is 0 Å². The van der Waals surface area contributed by atoms with Gasteiger partial charge in [-0.15, -0.1) is 12.8 Å². The summed E-state index contributed by atoms with van der Waals surface area (Å²) in [5, 5.41) is 24.1. The van der Waals surface area contributed by atoms with Crippen molar-refractivity contribution < 1.29 is 28.3 Å². The molecule has 0 saturated carbocycles. The molecule has 8 heteroatoms. The Balaban J connectivity index is 0.000000291. The van der Waals surface area contributed by atoms with E-state index in [2.05, 4.69) is 108 Å². The molecular weight excluding hydrogens is 853 g/mol. The summed E-state index contributed by atoms with van der Waals surface area (Å²) in [4.78, 5) is 10.2. The molecule has 3 atom stereocenters. The smallest absolute Gasteiger partial charge is 0.337 e. The summed E-state index contributed by atoms with van der Waals surface area (Å²) in [5.74, 6) is 4.00. The van der Waals surface area contributed by atoms with Gasteiger partial charge in [0, 0.05) is 12.1 Å². The van der Waals surface area contributed by atoms with Gasteiger partial charge in [0.1, 0.15) is 0 Å². The number of terminal acetylenes is 2. The van der Waals surface area contributed by atoms with Crippen molar-refractivity contribution in [2.45, 2.75) is 51.3 Å². The van der Waals surface area contributed by atoms with Crippen molar-refractivity contribution >= 4 is 43.2 Å². The third-order valence-corrected chi connectivity index (χ3v) is 6.52. The first-order valence-electron chi connectivity index (χ1n) is 12.8. The van der Waals surface area contributed by atoms with Crippen molar-refractivity contribution in [3.8, 4) is 24.7 Å². The van der Waals surface area contributed by atoms with Crippen molar-refractivity contribution in [2.24, 2.45) is 0 Å². The Morgan fingerprint density at radius 2 is 1.22 bits per heavy atom. The molecule has 2 aliphatic rings. The second-order valence-corrected chi connectivity index (χ2v) is 25.2. The van der Waals surface area contributed by atoms with Crippen LogP contribution in [-0.4, -0.2) is 29.3 Å². The van der Waals surface area contributed by atoms with E-state index in [4.69, 9.17) is 23.1 Å². The first-order valence-corrected chi connectivity index (χ1v) is 25.4.